The number of nitrogens with zero attached hydrogens (tertiary/aromatic N) is 2. The van der Waals surface area contributed by atoms with Crippen LogP contribution in [0, 0.1) is 11.2 Å². The molecule has 1 aliphatic rings. The van der Waals surface area contributed by atoms with Crippen molar-refractivity contribution in [2.45, 2.75) is 44.7 Å². The smallest absolute Gasteiger partial charge is 0.127 e. The van der Waals surface area contributed by atoms with Gasteiger partial charge in [-0.25, -0.2) is 8.78 Å². The molecule has 0 aliphatic carbocycles. The molecule has 188 valence electrons. The highest BCUT2D eigenvalue weighted by Gasteiger charge is 2.35. The largest absolute Gasteiger partial charge is 0.497 e. The second-order valence-electron chi connectivity index (χ2n) is 9.64. The molecule has 1 aliphatic heterocycles. The van der Waals surface area contributed by atoms with Crippen LogP contribution in [0.4, 0.5) is 8.78 Å². The highest BCUT2D eigenvalue weighted by atomic mass is 35.5. The molecule has 1 saturated heterocycles. The quantitative estimate of drug-likeness (QED) is 0.342. The first-order valence-corrected chi connectivity index (χ1v) is 12.6. The molecule has 0 bridgehead atoms. The van der Waals surface area contributed by atoms with E-state index < -0.39 is 6.17 Å². The molecule has 0 radical (unpaired) electrons. The van der Waals surface area contributed by atoms with Crippen molar-refractivity contribution in [1.29, 1.82) is 0 Å². The molecule has 35 heavy (non-hydrogen) atoms. The molecule has 0 spiro atoms. The Morgan fingerprint density at radius 3 is 2.60 bits per heavy atom. The number of likely N-dealkylation sites (tertiary alicyclic amines) is 1. The first kappa shape index (κ1) is 25.8. The van der Waals surface area contributed by atoms with Gasteiger partial charge in [-0.15, -0.1) is 0 Å². The number of ether oxygens (including phenoxy) is 1. The van der Waals surface area contributed by atoms with Crippen molar-refractivity contribution < 1.29 is 18.6 Å². The zero-order valence-corrected chi connectivity index (χ0v) is 20.9. The van der Waals surface area contributed by atoms with Gasteiger partial charge in [-0.3, -0.25) is 4.98 Å². The number of benzene rings is 2. The van der Waals surface area contributed by atoms with Crippen LogP contribution < -0.4 is 4.74 Å². The summed E-state index contributed by atoms with van der Waals surface area (Å²) in [5, 5.41) is 11.2. The Kier molecular flexibility index (Phi) is 8.58. The molecule has 4 rings (SSSR count). The van der Waals surface area contributed by atoms with E-state index in [1.54, 1.807) is 19.2 Å². The Morgan fingerprint density at radius 2 is 1.91 bits per heavy atom. The van der Waals surface area contributed by atoms with Gasteiger partial charge in [0.05, 0.1) is 17.6 Å². The zero-order valence-electron chi connectivity index (χ0n) is 20.2. The Balaban J connectivity index is 1.33. The number of fused-ring (bicyclic) bond motifs is 1. The van der Waals surface area contributed by atoms with Crippen molar-refractivity contribution in [2.24, 2.45) is 5.41 Å². The number of rotatable bonds is 10. The van der Waals surface area contributed by atoms with Crippen molar-refractivity contribution in [3.05, 3.63) is 70.6 Å². The van der Waals surface area contributed by atoms with Gasteiger partial charge in [0, 0.05) is 23.8 Å². The zero-order chi connectivity index (χ0) is 24.8. The van der Waals surface area contributed by atoms with E-state index in [0.29, 0.717) is 40.1 Å². The predicted octanol–water partition coefficient (Wildman–Crippen LogP) is 6.53. The summed E-state index contributed by atoms with van der Waals surface area (Å²) in [7, 11) is 1.58. The lowest BCUT2D eigenvalue weighted by Gasteiger charge is -2.41. The van der Waals surface area contributed by atoms with Crippen molar-refractivity contribution in [1.82, 2.24) is 9.88 Å². The van der Waals surface area contributed by atoms with Gasteiger partial charge in [0.2, 0.25) is 0 Å². The lowest BCUT2D eigenvalue weighted by molar-refractivity contribution is 0.0300. The maximum atomic E-state index is 15.6. The summed E-state index contributed by atoms with van der Waals surface area (Å²) in [5.74, 6) is 0.424. The molecular weight excluding hydrogens is 470 g/mol. The molecule has 0 saturated carbocycles. The molecule has 3 aromatic rings. The van der Waals surface area contributed by atoms with Crippen LogP contribution in [-0.2, 0) is 6.42 Å². The third-order valence-electron chi connectivity index (χ3n) is 7.41. The van der Waals surface area contributed by atoms with Gasteiger partial charge in [-0.1, -0.05) is 23.7 Å². The summed E-state index contributed by atoms with van der Waals surface area (Å²) in [6.07, 6.45) is 4.73. The van der Waals surface area contributed by atoms with Crippen LogP contribution in [0.3, 0.4) is 0 Å². The molecular formula is C28H33ClF2N2O2. The fourth-order valence-corrected chi connectivity index (χ4v) is 5.36. The van der Waals surface area contributed by atoms with Crippen LogP contribution in [0.1, 0.15) is 49.4 Å². The number of piperidine rings is 1. The number of hydrogen-bond acceptors (Lipinski definition) is 4. The van der Waals surface area contributed by atoms with Crippen LogP contribution in [0.5, 0.6) is 5.75 Å². The molecule has 0 amide bonds. The lowest BCUT2D eigenvalue weighted by Crippen LogP contribution is -2.42. The van der Waals surface area contributed by atoms with E-state index in [9.17, 15) is 9.50 Å². The van der Waals surface area contributed by atoms with Crippen molar-refractivity contribution in [3.63, 3.8) is 0 Å². The Morgan fingerprint density at radius 1 is 1.17 bits per heavy atom. The van der Waals surface area contributed by atoms with Crippen LogP contribution in [0.15, 0.2) is 48.7 Å². The first-order valence-electron chi connectivity index (χ1n) is 12.3. The normalized spacial score (nSPS) is 16.9. The number of aliphatic hydroxyl groups is 1. The number of methoxy groups -OCH3 is 1. The summed E-state index contributed by atoms with van der Waals surface area (Å²) in [5.41, 5.74) is 1.99. The maximum Gasteiger partial charge on any atom is 0.127 e. The van der Waals surface area contributed by atoms with Crippen LogP contribution in [-0.4, -0.2) is 48.3 Å². The number of alkyl halides is 1. The van der Waals surface area contributed by atoms with Crippen LogP contribution >= 0.6 is 11.6 Å². The van der Waals surface area contributed by atoms with Crippen LogP contribution in [0.25, 0.3) is 10.9 Å². The standard InChI is InChI=1S/C28H33ClF2N2O2/c1-35-22-8-9-26-23(17-22)27(24(29)18-32-26)25(31)10-11-28(19-34)12-15-33(16-13-28)14-2-3-20-4-6-21(30)7-5-20/h4-9,17-18,25,34H,2-3,10-16,19H2,1H3/t25-/m1/s1. The molecule has 7 heteroatoms. The molecule has 2 aromatic carbocycles. The molecule has 1 N–H and O–H groups in total. The third-order valence-corrected chi connectivity index (χ3v) is 7.72. The van der Waals surface area contributed by atoms with Gasteiger partial charge in [-0.05, 0) is 99.5 Å². The van der Waals surface area contributed by atoms with Gasteiger partial charge in [0.25, 0.3) is 0 Å². The summed E-state index contributed by atoms with van der Waals surface area (Å²) >= 11 is 6.39. The second-order valence-corrected chi connectivity index (χ2v) is 10.0. The van der Waals surface area contributed by atoms with Gasteiger partial charge >= 0.3 is 0 Å². The van der Waals surface area contributed by atoms with E-state index in [4.69, 9.17) is 16.3 Å². The SMILES string of the molecule is COc1ccc2ncc(Cl)c([C@H](F)CCC3(CO)CCN(CCCc4ccc(F)cc4)CC3)c2c1. The predicted molar refractivity (Wildman–Crippen MR) is 136 cm³/mol. The lowest BCUT2D eigenvalue weighted by atomic mass is 9.74. The molecule has 0 unspecified atom stereocenters. The minimum Gasteiger partial charge on any atom is -0.497 e. The highest BCUT2D eigenvalue weighted by molar-refractivity contribution is 6.32. The monoisotopic (exact) mass is 502 g/mol. The van der Waals surface area contributed by atoms with Gasteiger partial charge in [-0.2, -0.15) is 0 Å². The molecule has 1 fully saturated rings. The minimum absolute atomic E-state index is 0.0573. The second kappa shape index (κ2) is 11.6. The number of aliphatic hydroxyl groups excluding tert-OH is 1. The number of halogens is 3. The molecule has 1 atom stereocenters. The van der Waals surface area contributed by atoms with Crippen molar-refractivity contribution in [2.75, 3.05) is 33.4 Å². The topological polar surface area (TPSA) is 45.6 Å². The van der Waals surface area contributed by atoms with Gasteiger partial charge < -0.3 is 14.7 Å². The summed E-state index contributed by atoms with van der Waals surface area (Å²) in [4.78, 5) is 6.73. The average molecular weight is 503 g/mol. The fraction of sp³-hybridized carbons (Fsp3) is 0.464. The Hall–Kier alpha value is -2.28. The maximum absolute atomic E-state index is 15.6. The Labute approximate surface area is 210 Å². The number of pyridine rings is 1. The average Bonchev–Trinajstić information content (AvgIpc) is 2.89. The highest BCUT2D eigenvalue weighted by Crippen LogP contribution is 2.41. The summed E-state index contributed by atoms with van der Waals surface area (Å²) < 4.78 is 34.0. The van der Waals surface area contributed by atoms with Crippen molar-refractivity contribution >= 4 is 22.5 Å². The van der Waals surface area contributed by atoms with E-state index in [0.717, 1.165) is 50.9 Å². The summed E-state index contributed by atoms with van der Waals surface area (Å²) in [6.45, 7) is 2.79. The minimum atomic E-state index is -1.25. The fourth-order valence-electron chi connectivity index (χ4n) is 5.09. The number of aromatic nitrogens is 1. The number of hydrogen-bond donors (Lipinski definition) is 1. The van der Waals surface area contributed by atoms with Crippen molar-refractivity contribution in [3.8, 4) is 5.75 Å². The summed E-state index contributed by atoms with van der Waals surface area (Å²) in [6, 6.07) is 12.1. The van der Waals surface area contributed by atoms with E-state index in [-0.39, 0.29) is 17.8 Å². The third kappa shape index (κ3) is 6.29. The number of aryl methyl sites for hydroxylation is 1. The molecule has 2 heterocycles. The van der Waals surface area contributed by atoms with Gasteiger partial charge in [0.15, 0.2) is 0 Å². The van der Waals surface area contributed by atoms with E-state index in [1.165, 1.54) is 18.3 Å². The Bertz CT molecular complexity index is 1120. The first-order chi connectivity index (χ1) is 16.9. The van der Waals surface area contributed by atoms with E-state index in [1.807, 2.05) is 18.2 Å². The van der Waals surface area contributed by atoms with E-state index >= 15 is 4.39 Å². The van der Waals surface area contributed by atoms with Gasteiger partial charge in [0.1, 0.15) is 17.7 Å². The molecule has 1 aromatic heterocycles. The molecule has 4 nitrogen and oxygen atoms in total. The van der Waals surface area contributed by atoms with Crippen LogP contribution in [0.2, 0.25) is 5.02 Å². The van der Waals surface area contributed by atoms with E-state index in [2.05, 4.69) is 9.88 Å².